The molecular weight excluding hydrogens is 309 g/mol. The van der Waals surface area contributed by atoms with Gasteiger partial charge < -0.3 is 19.5 Å². The van der Waals surface area contributed by atoms with E-state index in [4.69, 9.17) is 0 Å². The average molecular weight is 331 g/mol. The van der Waals surface area contributed by atoms with Crippen LogP contribution in [0.5, 0.6) is 0 Å². The first-order chi connectivity index (χ1) is 11.6. The number of halogens is 1. The number of hydrogen-bond donors (Lipinski definition) is 1. The maximum absolute atomic E-state index is 14.4. The molecule has 0 aliphatic carbocycles. The van der Waals surface area contributed by atoms with Crippen molar-refractivity contribution in [3.05, 3.63) is 58.3 Å². The summed E-state index contributed by atoms with van der Waals surface area (Å²) in [6, 6.07) is 8.56. The highest BCUT2D eigenvalue weighted by molar-refractivity contribution is 5.53. The molecule has 0 atom stereocenters. The van der Waals surface area contributed by atoms with Crippen LogP contribution in [0.1, 0.15) is 12.5 Å². The molecule has 1 fully saturated rings. The fourth-order valence-electron chi connectivity index (χ4n) is 3.09. The maximum atomic E-state index is 14.4. The molecule has 1 saturated heterocycles. The van der Waals surface area contributed by atoms with E-state index in [9.17, 15) is 14.3 Å². The van der Waals surface area contributed by atoms with Gasteiger partial charge in [-0.25, -0.2) is 4.39 Å². The smallest absolute Gasteiger partial charge is 0.250 e. The lowest BCUT2D eigenvalue weighted by molar-refractivity contribution is 0.276. The third-order valence-corrected chi connectivity index (χ3v) is 4.52. The van der Waals surface area contributed by atoms with E-state index in [1.54, 1.807) is 28.8 Å². The fraction of sp³-hybridized carbons (Fsp3) is 0.389. The van der Waals surface area contributed by atoms with Crippen LogP contribution in [0, 0.1) is 5.82 Å². The van der Waals surface area contributed by atoms with Crippen LogP contribution in [0.3, 0.4) is 0 Å². The normalized spacial score (nSPS) is 15.0. The van der Waals surface area contributed by atoms with E-state index in [-0.39, 0.29) is 18.0 Å². The second-order valence-electron chi connectivity index (χ2n) is 5.89. The van der Waals surface area contributed by atoms with Crippen molar-refractivity contribution >= 4 is 11.4 Å². The molecule has 6 heteroatoms. The lowest BCUT2D eigenvalue weighted by Crippen LogP contribution is -2.47. The Balaban J connectivity index is 1.73. The second kappa shape index (κ2) is 7.05. The Morgan fingerprint density at radius 1 is 1.08 bits per heavy atom. The van der Waals surface area contributed by atoms with Crippen LogP contribution in [-0.4, -0.2) is 35.9 Å². The van der Waals surface area contributed by atoms with Crippen molar-refractivity contribution in [2.75, 3.05) is 36.0 Å². The van der Waals surface area contributed by atoms with Gasteiger partial charge in [0.15, 0.2) is 5.82 Å². The van der Waals surface area contributed by atoms with Crippen molar-refractivity contribution in [2.24, 2.45) is 0 Å². The van der Waals surface area contributed by atoms with Crippen LogP contribution >= 0.6 is 0 Å². The fourth-order valence-corrected chi connectivity index (χ4v) is 3.09. The van der Waals surface area contributed by atoms with Crippen LogP contribution in [0.4, 0.5) is 15.8 Å². The van der Waals surface area contributed by atoms with Crippen molar-refractivity contribution in [3.8, 4) is 0 Å². The summed E-state index contributed by atoms with van der Waals surface area (Å²) in [6.45, 7) is 5.19. The molecule has 0 saturated carbocycles. The van der Waals surface area contributed by atoms with Crippen molar-refractivity contribution in [3.63, 3.8) is 0 Å². The summed E-state index contributed by atoms with van der Waals surface area (Å²) in [5.41, 5.74) is 1.88. The van der Waals surface area contributed by atoms with Crippen molar-refractivity contribution in [1.29, 1.82) is 0 Å². The number of hydrogen-bond acceptors (Lipinski definition) is 4. The van der Waals surface area contributed by atoms with Gasteiger partial charge in [0.2, 0.25) is 0 Å². The minimum atomic E-state index is -0.340. The number of aliphatic hydroxyl groups is 1. The van der Waals surface area contributed by atoms with Crippen molar-refractivity contribution in [2.45, 2.75) is 20.1 Å². The van der Waals surface area contributed by atoms with E-state index in [1.165, 1.54) is 0 Å². The van der Waals surface area contributed by atoms with Gasteiger partial charge in [-0.1, -0.05) is 12.1 Å². The molecular formula is C18H22FN3O2. The standard InChI is InChI=1S/C18H22FN3O2/c1-2-20-12-15(6-7-17(20)24)21-8-10-22(11-9-21)16-5-3-4-14(13-23)18(16)19/h3-7,12,23H,2,8-11,13H2,1H3. The first kappa shape index (κ1) is 16.5. The van der Waals surface area contributed by atoms with E-state index in [2.05, 4.69) is 4.90 Å². The number of benzene rings is 1. The lowest BCUT2D eigenvalue weighted by atomic mass is 10.1. The third-order valence-electron chi connectivity index (χ3n) is 4.52. The largest absolute Gasteiger partial charge is 0.392 e. The minimum Gasteiger partial charge on any atom is -0.392 e. The number of nitrogens with zero attached hydrogens (tertiary/aromatic N) is 3. The SMILES string of the molecule is CCn1cc(N2CCN(c3cccc(CO)c3F)CC2)ccc1=O. The number of piperazine rings is 1. The minimum absolute atomic E-state index is 0.00257. The van der Waals surface area contributed by atoms with E-state index in [0.29, 0.717) is 30.9 Å². The van der Waals surface area contributed by atoms with Crippen molar-refractivity contribution < 1.29 is 9.50 Å². The second-order valence-corrected chi connectivity index (χ2v) is 5.89. The predicted octanol–water partition coefficient (Wildman–Crippen LogP) is 1.83. The van der Waals surface area contributed by atoms with E-state index in [1.807, 2.05) is 24.1 Å². The number of rotatable bonds is 4. The van der Waals surface area contributed by atoms with E-state index in [0.717, 1.165) is 18.8 Å². The van der Waals surface area contributed by atoms with Crippen LogP contribution in [0.15, 0.2) is 41.3 Å². The van der Waals surface area contributed by atoms with Crippen LogP contribution < -0.4 is 15.4 Å². The molecule has 0 radical (unpaired) electrons. The third kappa shape index (κ3) is 3.14. The molecule has 24 heavy (non-hydrogen) atoms. The Morgan fingerprint density at radius 3 is 2.46 bits per heavy atom. The number of aryl methyl sites for hydroxylation is 1. The Hall–Kier alpha value is -2.34. The van der Waals surface area contributed by atoms with E-state index < -0.39 is 0 Å². The van der Waals surface area contributed by atoms with Crippen LogP contribution in [0.2, 0.25) is 0 Å². The molecule has 2 heterocycles. The summed E-state index contributed by atoms with van der Waals surface area (Å²) in [5, 5.41) is 9.21. The van der Waals surface area contributed by atoms with Gasteiger partial charge in [0.25, 0.3) is 5.56 Å². The lowest BCUT2D eigenvalue weighted by Gasteiger charge is -2.37. The van der Waals surface area contributed by atoms with Gasteiger partial charge in [-0.15, -0.1) is 0 Å². The molecule has 0 spiro atoms. The molecule has 0 unspecified atom stereocenters. The van der Waals surface area contributed by atoms with Gasteiger partial charge in [0.05, 0.1) is 18.0 Å². The van der Waals surface area contributed by atoms with Gasteiger partial charge in [-0.05, 0) is 19.1 Å². The van der Waals surface area contributed by atoms with Gasteiger partial charge in [-0.3, -0.25) is 4.79 Å². The number of aromatic nitrogens is 1. The maximum Gasteiger partial charge on any atom is 0.250 e. The summed E-state index contributed by atoms with van der Waals surface area (Å²) >= 11 is 0. The molecule has 1 aliphatic heterocycles. The molecule has 128 valence electrons. The number of pyridine rings is 1. The Labute approximate surface area is 140 Å². The van der Waals surface area contributed by atoms with Crippen LogP contribution in [0.25, 0.3) is 0 Å². The molecule has 1 aromatic heterocycles. The molecule has 5 nitrogen and oxygen atoms in total. The topological polar surface area (TPSA) is 48.7 Å². The average Bonchev–Trinajstić information content (AvgIpc) is 2.62. The van der Waals surface area contributed by atoms with Crippen LogP contribution in [-0.2, 0) is 13.2 Å². The molecule has 1 N–H and O–H groups in total. The summed E-state index contributed by atoms with van der Waals surface area (Å²) in [7, 11) is 0. The Kier molecular flexibility index (Phi) is 4.85. The molecule has 0 bridgehead atoms. The molecule has 3 rings (SSSR count). The van der Waals surface area contributed by atoms with Gasteiger partial charge in [0.1, 0.15) is 0 Å². The summed E-state index contributed by atoms with van der Waals surface area (Å²) in [5.74, 6) is -0.340. The van der Waals surface area contributed by atoms with Crippen molar-refractivity contribution in [1.82, 2.24) is 4.57 Å². The molecule has 1 aliphatic rings. The Bertz CT molecular complexity index is 767. The quantitative estimate of drug-likeness (QED) is 0.929. The zero-order valence-corrected chi connectivity index (χ0v) is 13.8. The monoisotopic (exact) mass is 331 g/mol. The first-order valence-corrected chi connectivity index (χ1v) is 8.22. The number of aliphatic hydroxyl groups excluding tert-OH is 1. The zero-order chi connectivity index (χ0) is 17.1. The molecule has 1 aromatic carbocycles. The highest BCUT2D eigenvalue weighted by atomic mass is 19.1. The van der Waals surface area contributed by atoms with Gasteiger partial charge in [-0.2, -0.15) is 0 Å². The number of anilines is 2. The Morgan fingerprint density at radius 2 is 1.79 bits per heavy atom. The summed E-state index contributed by atoms with van der Waals surface area (Å²) < 4.78 is 16.1. The van der Waals surface area contributed by atoms with Gasteiger partial charge in [0, 0.05) is 50.6 Å². The highest BCUT2D eigenvalue weighted by Crippen LogP contribution is 2.25. The first-order valence-electron chi connectivity index (χ1n) is 8.22. The highest BCUT2D eigenvalue weighted by Gasteiger charge is 2.21. The van der Waals surface area contributed by atoms with Gasteiger partial charge >= 0.3 is 0 Å². The molecule has 2 aromatic rings. The van der Waals surface area contributed by atoms with E-state index >= 15 is 0 Å². The molecule has 0 amide bonds. The summed E-state index contributed by atoms with van der Waals surface area (Å²) in [4.78, 5) is 15.9. The summed E-state index contributed by atoms with van der Waals surface area (Å²) in [6.07, 6.45) is 1.88. The zero-order valence-electron chi connectivity index (χ0n) is 13.8. The predicted molar refractivity (Wildman–Crippen MR) is 93.1 cm³/mol.